The highest BCUT2D eigenvalue weighted by atomic mass is 16.4. The fraction of sp³-hybridized carbons (Fsp3) is 0.400. The Morgan fingerprint density at radius 3 is 2.43 bits per heavy atom. The Hall–Kier alpha value is -3.16. The summed E-state index contributed by atoms with van der Waals surface area (Å²) in [4.78, 5) is 38.9. The van der Waals surface area contributed by atoms with Gasteiger partial charge in [0.2, 0.25) is 11.8 Å². The molecule has 1 aliphatic heterocycles. The number of benzene rings is 1. The van der Waals surface area contributed by atoms with Crippen LogP contribution in [0.1, 0.15) is 18.4 Å². The average Bonchev–Trinajstić information content (AvgIpc) is 3.23. The van der Waals surface area contributed by atoms with Crippen LogP contribution < -0.4 is 0 Å². The predicted molar refractivity (Wildman–Crippen MR) is 102 cm³/mol. The number of rotatable bonds is 6. The van der Waals surface area contributed by atoms with Gasteiger partial charge in [-0.15, -0.1) is 0 Å². The van der Waals surface area contributed by atoms with Gasteiger partial charge in [-0.1, -0.05) is 12.1 Å². The SMILES string of the molecule is CN(CC(=O)N1CCC(C(=O)O)CC1)C(=O)Cc1ccc(-n2cccn2)cc1. The fourth-order valence-corrected chi connectivity index (χ4v) is 3.26. The molecule has 8 heteroatoms. The number of carbonyl (C=O) groups is 3. The summed E-state index contributed by atoms with van der Waals surface area (Å²) in [5.74, 6) is -1.47. The smallest absolute Gasteiger partial charge is 0.306 e. The predicted octanol–water partition coefficient (Wildman–Crippen LogP) is 1.20. The summed E-state index contributed by atoms with van der Waals surface area (Å²) in [6, 6.07) is 9.39. The molecule has 1 aromatic heterocycles. The number of carboxylic acid groups (broad SMARTS) is 1. The van der Waals surface area contributed by atoms with Crippen molar-refractivity contribution in [3.8, 4) is 5.69 Å². The molecule has 8 nitrogen and oxygen atoms in total. The van der Waals surface area contributed by atoms with Crippen LogP contribution in [0.3, 0.4) is 0 Å². The zero-order valence-electron chi connectivity index (χ0n) is 15.8. The highest BCUT2D eigenvalue weighted by Crippen LogP contribution is 2.17. The lowest BCUT2D eigenvalue weighted by atomic mass is 9.97. The molecule has 148 valence electrons. The maximum absolute atomic E-state index is 12.4. The number of aliphatic carboxylic acids is 1. The molecule has 0 bridgehead atoms. The molecule has 0 aliphatic carbocycles. The minimum atomic E-state index is -0.807. The van der Waals surface area contributed by atoms with Crippen LogP contribution in [0.5, 0.6) is 0 Å². The molecule has 3 rings (SSSR count). The third kappa shape index (κ3) is 4.76. The van der Waals surface area contributed by atoms with E-state index in [1.54, 1.807) is 22.8 Å². The molecule has 2 amide bonds. The Labute approximate surface area is 163 Å². The summed E-state index contributed by atoms with van der Waals surface area (Å²) in [6.45, 7) is 0.849. The summed E-state index contributed by atoms with van der Waals surface area (Å²) < 4.78 is 1.74. The van der Waals surface area contributed by atoms with Crippen LogP contribution in [0.4, 0.5) is 0 Å². The van der Waals surface area contributed by atoms with Gasteiger partial charge in [0, 0.05) is 32.5 Å². The number of nitrogens with zero attached hydrogens (tertiary/aromatic N) is 4. The molecule has 1 aromatic carbocycles. The van der Waals surface area contributed by atoms with Gasteiger partial charge in [-0.2, -0.15) is 5.10 Å². The van der Waals surface area contributed by atoms with Gasteiger partial charge in [0.05, 0.1) is 24.6 Å². The van der Waals surface area contributed by atoms with Crippen molar-refractivity contribution in [3.05, 3.63) is 48.3 Å². The van der Waals surface area contributed by atoms with Crippen molar-refractivity contribution in [3.63, 3.8) is 0 Å². The maximum Gasteiger partial charge on any atom is 0.306 e. The highest BCUT2D eigenvalue weighted by Gasteiger charge is 2.27. The highest BCUT2D eigenvalue weighted by molar-refractivity contribution is 5.86. The summed E-state index contributed by atoms with van der Waals surface area (Å²) in [5.41, 5.74) is 1.77. The van der Waals surface area contributed by atoms with Gasteiger partial charge in [-0.05, 0) is 36.6 Å². The molecule has 0 spiro atoms. The third-order valence-corrected chi connectivity index (χ3v) is 5.06. The van der Waals surface area contributed by atoms with E-state index in [2.05, 4.69) is 5.10 Å². The summed E-state index contributed by atoms with van der Waals surface area (Å²) in [5, 5.41) is 13.2. The first-order valence-corrected chi connectivity index (χ1v) is 9.27. The first-order valence-electron chi connectivity index (χ1n) is 9.27. The molecule has 0 radical (unpaired) electrons. The number of amides is 2. The quantitative estimate of drug-likeness (QED) is 0.807. The Balaban J connectivity index is 1.49. The zero-order valence-corrected chi connectivity index (χ0v) is 15.8. The van der Waals surface area contributed by atoms with Gasteiger partial charge in [0.1, 0.15) is 0 Å². The monoisotopic (exact) mass is 384 g/mol. The van der Waals surface area contributed by atoms with E-state index >= 15 is 0 Å². The number of hydrogen-bond donors (Lipinski definition) is 1. The van der Waals surface area contributed by atoms with Crippen LogP contribution in [-0.4, -0.2) is 69.2 Å². The Morgan fingerprint density at radius 2 is 1.86 bits per heavy atom. The van der Waals surface area contributed by atoms with E-state index in [1.807, 2.05) is 36.5 Å². The third-order valence-electron chi connectivity index (χ3n) is 5.06. The second kappa shape index (κ2) is 8.69. The molecular weight excluding hydrogens is 360 g/mol. The van der Waals surface area contributed by atoms with Crippen molar-refractivity contribution in [1.29, 1.82) is 0 Å². The number of carbonyl (C=O) groups excluding carboxylic acids is 2. The minimum absolute atomic E-state index is 0.00193. The fourth-order valence-electron chi connectivity index (χ4n) is 3.26. The average molecular weight is 384 g/mol. The Bertz CT molecular complexity index is 824. The van der Waals surface area contributed by atoms with Gasteiger partial charge in [-0.25, -0.2) is 4.68 Å². The van der Waals surface area contributed by atoms with Crippen molar-refractivity contribution in [2.75, 3.05) is 26.7 Å². The normalized spacial score (nSPS) is 14.7. The van der Waals surface area contributed by atoms with Crippen LogP contribution in [0, 0.1) is 5.92 Å². The lowest BCUT2D eigenvalue weighted by Crippen LogP contribution is -2.45. The zero-order chi connectivity index (χ0) is 20.1. The maximum atomic E-state index is 12.4. The van der Waals surface area contributed by atoms with Crippen LogP contribution in [-0.2, 0) is 20.8 Å². The van der Waals surface area contributed by atoms with Gasteiger partial charge in [-0.3, -0.25) is 14.4 Å². The first kappa shape index (κ1) is 19.6. The standard InChI is InChI=1S/C20H24N4O4/c1-22(14-19(26)23-11-7-16(8-12-23)20(27)28)18(25)13-15-3-5-17(6-4-15)24-10-2-9-21-24/h2-6,9-10,16H,7-8,11-14H2,1H3,(H,27,28). The number of piperidine rings is 1. The van der Waals surface area contributed by atoms with E-state index in [9.17, 15) is 14.4 Å². The summed E-state index contributed by atoms with van der Waals surface area (Å²) in [6.07, 6.45) is 4.68. The van der Waals surface area contributed by atoms with Gasteiger partial charge < -0.3 is 14.9 Å². The number of likely N-dealkylation sites (tertiary alicyclic amines) is 1. The van der Waals surface area contributed by atoms with Gasteiger partial charge >= 0.3 is 5.97 Å². The largest absolute Gasteiger partial charge is 0.481 e. The Morgan fingerprint density at radius 1 is 1.18 bits per heavy atom. The molecule has 2 heterocycles. The lowest BCUT2D eigenvalue weighted by molar-refractivity contribution is -0.146. The summed E-state index contributed by atoms with van der Waals surface area (Å²) >= 11 is 0. The minimum Gasteiger partial charge on any atom is -0.481 e. The molecule has 1 saturated heterocycles. The molecule has 28 heavy (non-hydrogen) atoms. The van der Waals surface area contributed by atoms with E-state index in [1.165, 1.54) is 4.90 Å². The summed E-state index contributed by atoms with van der Waals surface area (Å²) in [7, 11) is 1.61. The first-order chi connectivity index (χ1) is 13.4. The second-order valence-electron chi connectivity index (χ2n) is 7.04. The molecule has 1 aliphatic rings. The van der Waals surface area contributed by atoms with Crippen molar-refractivity contribution < 1.29 is 19.5 Å². The molecule has 0 saturated carbocycles. The number of likely N-dealkylation sites (N-methyl/N-ethyl adjacent to an activating group) is 1. The van der Waals surface area contributed by atoms with E-state index in [0.29, 0.717) is 25.9 Å². The van der Waals surface area contributed by atoms with Crippen molar-refractivity contribution in [2.45, 2.75) is 19.3 Å². The van der Waals surface area contributed by atoms with Crippen LogP contribution in [0.2, 0.25) is 0 Å². The molecule has 0 atom stereocenters. The molecular formula is C20H24N4O4. The molecule has 2 aromatic rings. The van der Waals surface area contributed by atoms with Crippen LogP contribution >= 0.6 is 0 Å². The van der Waals surface area contributed by atoms with E-state index < -0.39 is 5.97 Å². The second-order valence-corrected chi connectivity index (χ2v) is 7.04. The van der Waals surface area contributed by atoms with Crippen LogP contribution in [0.15, 0.2) is 42.7 Å². The van der Waals surface area contributed by atoms with Gasteiger partial charge in [0.25, 0.3) is 0 Å². The number of carboxylic acids is 1. The van der Waals surface area contributed by atoms with Gasteiger partial charge in [0.15, 0.2) is 0 Å². The van der Waals surface area contributed by atoms with Crippen LogP contribution in [0.25, 0.3) is 5.69 Å². The molecule has 1 N–H and O–H groups in total. The van der Waals surface area contributed by atoms with Crippen molar-refractivity contribution in [1.82, 2.24) is 19.6 Å². The van der Waals surface area contributed by atoms with E-state index in [4.69, 9.17) is 5.11 Å². The van der Waals surface area contributed by atoms with Crippen molar-refractivity contribution >= 4 is 17.8 Å². The number of hydrogen-bond acceptors (Lipinski definition) is 4. The van der Waals surface area contributed by atoms with Crippen molar-refractivity contribution in [2.24, 2.45) is 5.92 Å². The topological polar surface area (TPSA) is 95.7 Å². The van der Waals surface area contributed by atoms with E-state index in [-0.39, 0.29) is 30.7 Å². The molecule has 1 fully saturated rings. The molecule has 0 unspecified atom stereocenters. The van der Waals surface area contributed by atoms with E-state index in [0.717, 1.165) is 11.3 Å². The number of aromatic nitrogens is 2. The Kier molecular flexibility index (Phi) is 6.08. The lowest BCUT2D eigenvalue weighted by Gasteiger charge is -2.31.